The number of carboxylic acid groups (broad SMARTS) is 1. The molecule has 78 valence electrons. The Kier molecular flexibility index (Phi) is 2.36. The highest BCUT2D eigenvalue weighted by atomic mass is 16.4. The molecule has 0 atom stereocenters. The van der Waals surface area contributed by atoms with Crippen LogP contribution < -0.4 is 0 Å². The van der Waals surface area contributed by atoms with E-state index in [0.717, 1.165) is 0 Å². The van der Waals surface area contributed by atoms with Gasteiger partial charge in [0, 0.05) is 6.20 Å². The molecule has 0 aliphatic heterocycles. The molecule has 0 radical (unpaired) electrons. The van der Waals surface area contributed by atoms with Crippen molar-refractivity contribution in [3.63, 3.8) is 0 Å². The summed E-state index contributed by atoms with van der Waals surface area (Å²) in [5.74, 6) is -0.669. The highest BCUT2D eigenvalue weighted by Crippen LogP contribution is 2.07. The second kappa shape index (κ2) is 3.82. The zero-order valence-electron chi connectivity index (χ0n) is 8.03. The van der Waals surface area contributed by atoms with Crippen LogP contribution in [-0.4, -0.2) is 25.8 Å². The number of carbonyl (C=O) groups is 1. The van der Waals surface area contributed by atoms with Crippen molar-refractivity contribution in [1.82, 2.24) is 14.8 Å². The fourth-order valence-corrected chi connectivity index (χ4v) is 1.18. The van der Waals surface area contributed by atoms with Crippen molar-refractivity contribution >= 4 is 5.97 Å². The predicted molar refractivity (Wildman–Crippen MR) is 53.0 cm³/mol. The van der Waals surface area contributed by atoms with E-state index >= 15 is 0 Å². The van der Waals surface area contributed by atoms with Gasteiger partial charge in [-0.2, -0.15) is 10.4 Å². The third-order valence-electron chi connectivity index (χ3n) is 1.94. The maximum Gasteiger partial charge on any atom is 0.335 e. The standard InChI is InChI=1S/C10H6N4O2/c11-4-7-5-13-14(6-7)9-3-8(10(15)16)1-2-12-9/h1-3,5-6H,(H,15,16). The first-order chi connectivity index (χ1) is 7.70. The van der Waals surface area contributed by atoms with Gasteiger partial charge in [0.05, 0.1) is 23.5 Å². The summed E-state index contributed by atoms with van der Waals surface area (Å²) in [7, 11) is 0. The third kappa shape index (κ3) is 1.74. The van der Waals surface area contributed by atoms with Crippen molar-refractivity contribution in [3.05, 3.63) is 41.9 Å². The van der Waals surface area contributed by atoms with Crippen LogP contribution >= 0.6 is 0 Å². The van der Waals surface area contributed by atoms with Gasteiger partial charge < -0.3 is 5.11 Å². The summed E-state index contributed by atoms with van der Waals surface area (Å²) >= 11 is 0. The monoisotopic (exact) mass is 214 g/mol. The number of nitriles is 1. The molecule has 0 aliphatic rings. The molecule has 0 aromatic carbocycles. The van der Waals surface area contributed by atoms with Gasteiger partial charge in [-0.1, -0.05) is 0 Å². The summed E-state index contributed by atoms with van der Waals surface area (Å²) in [6, 6.07) is 4.70. The highest BCUT2D eigenvalue weighted by molar-refractivity contribution is 5.87. The van der Waals surface area contributed by atoms with E-state index in [1.165, 1.54) is 35.4 Å². The molecule has 1 N–H and O–H groups in total. The Labute approximate surface area is 90.4 Å². The van der Waals surface area contributed by atoms with Crippen LogP contribution in [0.5, 0.6) is 0 Å². The zero-order valence-corrected chi connectivity index (χ0v) is 8.03. The second-order valence-electron chi connectivity index (χ2n) is 2.99. The Bertz CT molecular complexity index is 583. The number of aromatic carboxylic acids is 1. The average Bonchev–Trinajstić information content (AvgIpc) is 2.77. The molecule has 0 aliphatic carbocycles. The molecule has 0 amide bonds. The third-order valence-corrected chi connectivity index (χ3v) is 1.94. The highest BCUT2D eigenvalue weighted by Gasteiger charge is 2.06. The molecule has 6 heteroatoms. The maximum absolute atomic E-state index is 10.7. The van der Waals surface area contributed by atoms with Gasteiger partial charge in [0.2, 0.25) is 0 Å². The Hall–Kier alpha value is -2.68. The van der Waals surface area contributed by atoms with Crippen molar-refractivity contribution in [1.29, 1.82) is 5.26 Å². The van der Waals surface area contributed by atoms with Gasteiger partial charge >= 0.3 is 5.97 Å². The number of pyridine rings is 1. The number of hydrogen-bond acceptors (Lipinski definition) is 4. The first-order valence-corrected chi connectivity index (χ1v) is 4.35. The number of aromatic nitrogens is 3. The molecule has 6 nitrogen and oxygen atoms in total. The maximum atomic E-state index is 10.7. The van der Waals surface area contributed by atoms with Crippen molar-refractivity contribution in [2.75, 3.05) is 0 Å². The van der Waals surface area contributed by atoms with Crippen LogP contribution in [0.4, 0.5) is 0 Å². The number of rotatable bonds is 2. The molecule has 0 saturated carbocycles. The summed E-state index contributed by atoms with van der Waals surface area (Å²) in [5, 5.41) is 21.3. The molecule has 0 unspecified atom stereocenters. The van der Waals surface area contributed by atoms with Crippen LogP contribution in [0.15, 0.2) is 30.7 Å². The molecule has 0 fully saturated rings. The largest absolute Gasteiger partial charge is 0.478 e. The van der Waals surface area contributed by atoms with Gasteiger partial charge in [0.15, 0.2) is 5.82 Å². The normalized spacial score (nSPS) is 9.69. The van der Waals surface area contributed by atoms with Crippen molar-refractivity contribution in [3.8, 4) is 11.9 Å². The van der Waals surface area contributed by atoms with E-state index in [0.29, 0.717) is 11.4 Å². The van der Waals surface area contributed by atoms with E-state index in [9.17, 15) is 4.79 Å². The summed E-state index contributed by atoms with van der Waals surface area (Å²) < 4.78 is 1.35. The molecule has 2 rings (SSSR count). The minimum absolute atomic E-state index is 0.124. The minimum atomic E-state index is -1.03. The fraction of sp³-hybridized carbons (Fsp3) is 0. The first kappa shape index (κ1) is 9.86. The Morgan fingerprint density at radius 3 is 3.00 bits per heavy atom. The van der Waals surface area contributed by atoms with E-state index in [4.69, 9.17) is 10.4 Å². The molecular weight excluding hydrogens is 208 g/mol. The lowest BCUT2D eigenvalue weighted by molar-refractivity contribution is 0.0696. The lowest BCUT2D eigenvalue weighted by Crippen LogP contribution is -2.02. The van der Waals surface area contributed by atoms with Crippen molar-refractivity contribution < 1.29 is 9.90 Å². The molecule has 0 bridgehead atoms. The van der Waals surface area contributed by atoms with Crippen LogP contribution in [0.3, 0.4) is 0 Å². The smallest absolute Gasteiger partial charge is 0.335 e. The van der Waals surface area contributed by atoms with Gasteiger partial charge in [-0.25, -0.2) is 14.5 Å². The molecular formula is C10H6N4O2. The van der Waals surface area contributed by atoms with Crippen LogP contribution in [0, 0.1) is 11.3 Å². The number of nitrogens with zero attached hydrogens (tertiary/aromatic N) is 4. The Morgan fingerprint density at radius 2 is 2.38 bits per heavy atom. The van der Waals surface area contributed by atoms with Gasteiger partial charge in [-0.3, -0.25) is 0 Å². The number of hydrogen-bond donors (Lipinski definition) is 1. The lowest BCUT2D eigenvalue weighted by atomic mass is 10.2. The Balaban J connectivity index is 2.44. The van der Waals surface area contributed by atoms with E-state index in [1.807, 2.05) is 6.07 Å². The van der Waals surface area contributed by atoms with Gasteiger partial charge in [0.25, 0.3) is 0 Å². The summed E-state index contributed by atoms with van der Waals surface area (Å²) in [4.78, 5) is 14.7. The predicted octanol–water partition coefficient (Wildman–Crippen LogP) is 0.837. The van der Waals surface area contributed by atoms with Gasteiger partial charge in [-0.15, -0.1) is 0 Å². The Morgan fingerprint density at radius 1 is 1.56 bits per heavy atom. The molecule has 2 aromatic rings. The molecule has 2 heterocycles. The summed E-state index contributed by atoms with van der Waals surface area (Å²) in [6.45, 7) is 0. The zero-order chi connectivity index (χ0) is 11.5. The van der Waals surface area contributed by atoms with Crippen LogP contribution in [0.1, 0.15) is 15.9 Å². The van der Waals surface area contributed by atoms with Crippen LogP contribution in [-0.2, 0) is 0 Å². The van der Waals surface area contributed by atoms with E-state index in [2.05, 4.69) is 10.1 Å². The second-order valence-corrected chi connectivity index (χ2v) is 2.99. The summed E-state index contributed by atoms with van der Waals surface area (Å²) in [6.07, 6.45) is 4.25. The lowest BCUT2D eigenvalue weighted by Gasteiger charge is -2.00. The summed E-state index contributed by atoms with van der Waals surface area (Å²) in [5.41, 5.74) is 0.515. The topological polar surface area (TPSA) is 91.8 Å². The molecule has 2 aromatic heterocycles. The molecule has 0 saturated heterocycles. The fourth-order valence-electron chi connectivity index (χ4n) is 1.18. The minimum Gasteiger partial charge on any atom is -0.478 e. The first-order valence-electron chi connectivity index (χ1n) is 4.35. The van der Waals surface area contributed by atoms with Crippen molar-refractivity contribution in [2.45, 2.75) is 0 Å². The molecule has 0 spiro atoms. The number of carboxylic acids is 1. The average molecular weight is 214 g/mol. The molecule has 16 heavy (non-hydrogen) atoms. The SMILES string of the molecule is N#Cc1cnn(-c2cc(C(=O)O)ccn2)c1. The van der Waals surface area contributed by atoms with Crippen molar-refractivity contribution in [2.24, 2.45) is 0 Å². The van der Waals surface area contributed by atoms with Crippen LogP contribution in [0.2, 0.25) is 0 Å². The quantitative estimate of drug-likeness (QED) is 0.799. The van der Waals surface area contributed by atoms with Crippen LogP contribution in [0.25, 0.3) is 5.82 Å². The van der Waals surface area contributed by atoms with E-state index < -0.39 is 5.97 Å². The van der Waals surface area contributed by atoms with Gasteiger partial charge in [-0.05, 0) is 12.1 Å². The van der Waals surface area contributed by atoms with E-state index in [1.54, 1.807) is 0 Å². The van der Waals surface area contributed by atoms with Gasteiger partial charge in [0.1, 0.15) is 6.07 Å². The van der Waals surface area contributed by atoms with E-state index in [-0.39, 0.29) is 5.56 Å².